The van der Waals surface area contributed by atoms with Gasteiger partial charge in [0.15, 0.2) is 11.6 Å². The Bertz CT molecular complexity index is 1640. The summed E-state index contributed by atoms with van der Waals surface area (Å²) in [6, 6.07) is 0.985. The van der Waals surface area contributed by atoms with Crippen molar-refractivity contribution in [3.8, 4) is 0 Å². The standard InChI is InChI=1S/C41H60N2O7S2/c1-7-8-18-32(45)38(47)27-16-14-12-10-9-11-13-15-17-28(39(48)43-25-31-36(41(31,5)6)37(43)33(46)22-27)21-30(44)23-29(40(2,3)4)24-42-26-34-35(19-20-51-34)52(42,49)50/h7,19-20,27-29,31,36-37H,1,8-18,21-26H2,2-6H3/t27-,28-,29-,31+,36+,37-/m1/s1. The van der Waals surface area contributed by atoms with E-state index in [1.54, 1.807) is 22.4 Å². The highest BCUT2D eigenvalue weighted by Gasteiger charge is 2.69. The number of fused-ring (bicyclic) bond motifs is 4. The first kappa shape index (κ1) is 40.7. The van der Waals surface area contributed by atoms with Crippen LogP contribution in [0.3, 0.4) is 0 Å². The maximum Gasteiger partial charge on any atom is 0.244 e. The molecule has 1 aromatic heterocycles. The molecule has 0 aromatic carbocycles. The molecule has 0 radical (unpaired) electrons. The van der Waals surface area contributed by atoms with Crippen molar-refractivity contribution in [3.05, 3.63) is 29.0 Å². The fourth-order valence-corrected chi connectivity index (χ4v) is 12.1. The van der Waals surface area contributed by atoms with Crippen molar-refractivity contribution in [2.24, 2.45) is 40.4 Å². The molecule has 0 spiro atoms. The molecule has 11 heteroatoms. The number of nitrogens with zero attached hydrogens (tertiary/aromatic N) is 2. The Labute approximate surface area is 315 Å². The third kappa shape index (κ3) is 8.89. The third-order valence-corrected chi connectivity index (χ3v) is 15.6. The van der Waals surface area contributed by atoms with E-state index < -0.39 is 39.5 Å². The first-order valence-corrected chi connectivity index (χ1v) is 21.9. The Morgan fingerprint density at radius 1 is 1.04 bits per heavy atom. The normalized spacial score (nSPS) is 28.8. The molecule has 2 saturated heterocycles. The summed E-state index contributed by atoms with van der Waals surface area (Å²) in [6.07, 6.45) is 9.86. The molecule has 1 saturated carbocycles. The molecule has 0 bridgehead atoms. The molecule has 1 aromatic rings. The summed E-state index contributed by atoms with van der Waals surface area (Å²) in [5.74, 6) is -2.65. The van der Waals surface area contributed by atoms with Crippen LogP contribution in [0.1, 0.15) is 129 Å². The molecule has 3 fully saturated rings. The van der Waals surface area contributed by atoms with Crippen LogP contribution in [0.5, 0.6) is 0 Å². The van der Waals surface area contributed by atoms with Crippen LogP contribution < -0.4 is 0 Å². The second kappa shape index (κ2) is 16.5. The van der Waals surface area contributed by atoms with Crippen molar-refractivity contribution in [2.75, 3.05) is 13.1 Å². The Kier molecular flexibility index (Phi) is 12.9. The minimum atomic E-state index is -3.61. The topological polar surface area (TPSA) is 126 Å². The largest absolute Gasteiger partial charge is 0.332 e. The quantitative estimate of drug-likeness (QED) is 0.169. The summed E-state index contributed by atoms with van der Waals surface area (Å²) in [5, 5.41) is 1.80. The molecule has 0 unspecified atom stereocenters. The van der Waals surface area contributed by atoms with Crippen molar-refractivity contribution < 1.29 is 32.4 Å². The van der Waals surface area contributed by atoms with Gasteiger partial charge in [0.1, 0.15) is 5.78 Å². The number of Topliss-reactive ketones (excluding diaryl/α,β-unsaturated/α-hetero) is 4. The van der Waals surface area contributed by atoms with Gasteiger partial charge in [0.2, 0.25) is 21.7 Å². The highest BCUT2D eigenvalue weighted by atomic mass is 32.2. The van der Waals surface area contributed by atoms with E-state index in [2.05, 4.69) is 20.4 Å². The maximum atomic E-state index is 14.6. The lowest BCUT2D eigenvalue weighted by Crippen LogP contribution is -2.48. The average molecular weight is 757 g/mol. The molecule has 3 aliphatic heterocycles. The second-order valence-electron chi connectivity index (χ2n) is 17.6. The lowest BCUT2D eigenvalue weighted by molar-refractivity contribution is -0.145. The summed E-state index contributed by atoms with van der Waals surface area (Å²) < 4.78 is 28.1. The number of carbonyl (C=O) groups excluding carboxylic acids is 5. The lowest BCUT2D eigenvalue weighted by Gasteiger charge is -2.35. The van der Waals surface area contributed by atoms with E-state index in [0.717, 1.165) is 49.8 Å². The van der Waals surface area contributed by atoms with Crippen LogP contribution in [-0.4, -0.2) is 65.8 Å². The first-order chi connectivity index (χ1) is 24.5. The second-order valence-corrected chi connectivity index (χ2v) is 20.5. The molecule has 5 rings (SSSR count). The summed E-state index contributed by atoms with van der Waals surface area (Å²) in [6.45, 7) is 15.0. The van der Waals surface area contributed by atoms with Crippen LogP contribution in [0.15, 0.2) is 29.0 Å². The van der Waals surface area contributed by atoms with Crippen molar-refractivity contribution in [2.45, 2.75) is 142 Å². The van der Waals surface area contributed by atoms with Gasteiger partial charge in [0.25, 0.3) is 0 Å². The van der Waals surface area contributed by atoms with E-state index in [1.807, 2.05) is 20.8 Å². The van der Waals surface area contributed by atoms with Gasteiger partial charge in [0, 0.05) is 62.0 Å². The third-order valence-electron chi connectivity index (χ3n) is 12.7. The van der Waals surface area contributed by atoms with Crippen LogP contribution in [-0.2, 0) is 40.5 Å². The molecular weight excluding hydrogens is 697 g/mol. The highest BCUT2D eigenvalue weighted by Crippen LogP contribution is 2.65. The van der Waals surface area contributed by atoms with Crippen molar-refractivity contribution in [3.63, 3.8) is 0 Å². The number of hydrogen-bond donors (Lipinski definition) is 0. The molecular formula is C41H60N2O7S2. The zero-order valence-electron chi connectivity index (χ0n) is 32.0. The van der Waals surface area contributed by atoms with Crippen molar-refractivity contribution >= 4 is 50.4 Å². The van der Waals surface area contributed by atoms with Gasteiger partial charge in [-0.25, -0.2) is 8.42 Å². The number of rotatable bonds is 11. The smallest absolute Gasteiger partial charge is 0.244 e. The van der Waals surface area contributed by atoms with Gasteiger partial charge < -0.3 is 4.90 Å². The first-order valence-electron chi connectivity index (χ1n) is 19.6. The minimum Gasteiger partial charge on any atom is -0.332 e. The summed E-state index contributed by atoms with van der Waals surface area (Å²) in [4.78, 5) is 72.0. The number of piperidine rings is 1. The number of amides is 1. The van der Waals surface area contributed by atoms with E-state index in [-0.39, 0.29) is 78.3 Å². The Balaban J connectivity index is 1.34. The molecule has 52 heavy (non-hydrogen) atoms. The molecule has 1 aliphatic carbocycles. The van der Waals surface area contributed by atoms with E-state index in [9.17, 15) is 32.4 Å². The van der Waals surface area contributed by atoms with Crippen molar-refractivity contribution in [1.29, 1.82) is 0 Å². The summed E-state index contributed by atoms with van der Waals surface area (Å²) in [7, 11) is -3.61. The predicted octanol–water partition coefficient (Wildman–Crippen LogP) is 7.57. The zero-order chi connectivity index (χ0) is 38.0. The lowest BCUT2D eigenvalue weighted by atomic mass is 9.76. The van der Waals surface area contributed by atoms with Gasteiger partial charge >= 0.3 is 0 Å². The Morgan fingerprint density at radius 2 is 1.69 bits per heavy atom. The minimum absolute atomic E-state index is 0.0117. The molecule has 4 aliphatic rings. The summed E-state index contributed by atoms with van der Waals surface area (Å²) >= 11 is 1.43. The van der Waals surface area contributed by atoms with Crippen molar-refractivity contribution in [1.82, 2.24) is 9.21 Å². The van der Waals surface area contributed by atoms with Crippen LogP contribution in [0.2, 0.25) is 0 Å². The maximum absolute atomic E-state index is 14.6. The van der Waals surface area contributed by atoms with Gasteiger partial charge in [-0.1, -0.05) is 85.6 Å². The van der Waals surface area contributed by atoms with Crippen LogP contribution >= 0.6 is 11.3 Å². The molecule has 288 valence electrons. The number of thiophene rings is 1. The SMILES string of the molecule is C=CCCC(=O)C(=O)[C@@H]1CCCCCCCCC[C@H](CC(=O)C[C@H](CN2Cc3sccc3S2(=O)=O)C(C)(C)C)C(=O)N2C[C@H]3[C@@H]([C@H]2C(=O)C1)C3(C)C. The van der Waals surface area contributed by atoms with Gasteiger partial charge in [-0.2, -0.15) is 4.31 Å². The number of hydrogen-bond acceptors (Lipinski definition) is 8. The molecule has 0 N–H and O–H groups in total. The van der Waals surface area contributed by atoms with Gasteiger partial charge in [0.05, 0.1) is 10.9 Å². The number of allylic oxidation sites excluding steroid dienone is 1. The summed E-state index contributed by atoms with van der Waals surface area (Å²) in [5.41, 5.74) is -0.464. The number of ketones is 4. The average Bonchev–Trinajstić information content (AvgIpc) is 3.53. The van der Waals surface area contributed by atoms with E-state index >= 15 is 0 Å². The number of carbonyl (C=O) groups is 5. The van der Waals surface area contributed by atoms with Gasteiger partial charge in [-0.05, 0) is 59.3 Å². The van der Waals surface area contributed by atoms with E-state index in [4.69, 9.17) is 0 Å². The van der Waals surface area contributed by atoms with Crippen LogP contribution in [0.25, 0.3) is 0 Å². The molecule has 9 nitrogen and oxygen atoms in total. The fraction of sp³-hybridized carbons (Fsp3) is 0.732. The van der Waals surface area contributed by atoms with Gasteiger partial charge in [-0.15, -0.1) is 17.9 Å². The zero-order valence-corrected chi connectivity index (χ0v) is 33.6. The van der Waals surface area contributed by atoms with Crippen LogP contribution in [0.4, 0.5) is 0 Å². The predicted molar refractivity (Wildman–Crippen MR) is 203 cm³/mol. The molecule has 4 heterocycles. The highest BCUT2D eigenvalue weighted by molar-refractivity contribution is 7.89. The van der Waals surface area contributed by atoms with Crippen LogP contribution in [0, 0.1) is 40.4 Å². The monoisotopic (exact) mass is 756 g/mol. The Morgan fingerprint density at radius 3 is 2.33 bits per heavy atom. The number of sulfonamides is 1. The van der Waals surface area contributed by atoms with Gasteiger partial charge in [-0.3, -0.25) is 24.0 Å². The molecule has 6 atom stereocenters. The van der Waals surface area contributed by atoms with E-state index in [1.165, 1.54) is 15.6 Å². The Hall–Kier alpha value is -2.50. The van der Waals surface area contributed by atoms with E-state index in [0.29, 0.717) is 37.2 Å². The molecule has 1 amide bonds. The fourth-order valence-electron chi connectivity index (χ4n) is 9.11.